The number of carbonyl (C=O) groups is 2. The van der Waals surface area contributed by atoms with Gasteiger partial charge in [-0.15, -0.1) is 0 Å². The third-order valence-electron chi connectivity index (χ3n) is 1.42. The molecule has 0 amide bonds. The van der Waals surface area contributed by atoms with Crippen molar-refractivity contribution >= 4 is 27.9 Å². The number of alkyl halides is 1. The summed E-state index contributed by atoms with van der Waals surface area (Å²) in [6.45, 7) is 3.05. The molecule has 0 spiro atoms. The number of rotatable bonds is 3. The van der Waals surface area contributed by atoms with Gasteiger partial charge in [0, 0.05) is 0 Å². The fourth-order valence-electron chi connectivity index (χ4n) is 0.585. The van der Waals surface area contributed by atoms with Gasteiger partial charge in [-0.3, -0.25) is 9.59 Å². The van der Waals surface area contributed by atoms with Crippen molar-refractivity contribution in [2.75, 3.05) is 0 Å². The summed E-state index contributed by atoms with van der Waals surface area (Å²) in [6.07, 6.45) is 0. The molecule has 0 heterocycles. The Hall–Kier alpha value is -0.580. The second-order valence-electron chi connectivity index (χ2n) is 2.48. The summed E-state index contributed by atoms with van der Waals surface area (Å²) in [5, 5.41) is 17.1. The quantitative estimate of drug-likeness (QED) is 0.553. The van der Waals surface area contributed by atoms with E-state index in [0.717, 1.165) is 0 Å². The summed E-state index contributed by atoms with van der Waals surface area (Å²) in [5.74, 6) is -3.25. The van der Waals surface area contributed by atoms with Gasteiger partial charge in [0.1, 0.15) is 0 Å². The fourth-order valence-corrected chi connectivity index (χ4v) is 0.585. The lowest BCUT2D eigenvalue weighted by Crippen LogP contribution is -2.45. The summed E-state index contributed by atoms with van der Waals surface area (Å²) >= 11 is 2.68. The summed E-state index contributed by atoms with van der Waals surface area (Å²) in [7, 11) is 0. The van der Waals surface area contributed by atoms with Gasteiger partial charge in [0.05, 0.1) is 0 Å². The third-order valence-corrected chi connectivity index (χ3v) is 3.01. The standard InChI is InChI=1S/C6H9BrO4/c1-3(2)6(7,4(8)9)5(10)11/h3H,1-2H3,(H,8,9)(H,10,11). The molecule has 4 nitrogen and oxygen atoms in total. The summed E-state index contributed by atoms with van der Waals surface area (Å²) in [5.41, 5.74) is 0. The maximum atomic E-state index is 10.5. The van der Waals surface area contributed by atoms with Crippen LogP contribution in [0.1, 0.15) is 13.8 Å². The molecule has 0 fully saturated rings. The molecule has 0 radical (unpaired) electrons. The molecule has 0 aliphatic rings. The van der Waals surface area contributed by atoms with Gasteiger partial charge >= 0.3 is 11.9 Å². The van der Waals surface area contributed by atoms with Crippen LogP contribution in [0.2, 0.25) is 0 Å². The van der Waals surface area contributed by atoms with Gasteiger partial charge in [-0.05, 0) is 5.92 Å². The first kappa shape index (κ1) is 10.4. The monoisotopic (exact) mass is 224 g/mol. The van der Waals surface area contributed by atoms with Gasteiger partial charge in [-0.25, -0.2) is 0 Å². The van der Waals surface area contributed by atoms with Crippen molar-refractivity contribution in [1.29, 1.82) is 0 Å². The zero-order chi connectivity index (χ0) is 9.23. The minimum atomic E-state index is -1.85. The lowest BCUT2D eigenvalue weighted by Gasteiger charge is -2.21. The highest BCUT2D eigenvalue weighted by atomic mass is 79.9. The zero-order valence-corrected chi connectivity index (χ0v) is 7.75. The van der Waals surface area contributed by atoms with E-state index < -0.39 is 22.2 Å². The van der Waals surface area contributed by atoms with Crippen LogP contribution in [-0.2, 0) is 9.59 Å². The molecule has 11 heavy (non-hydrogen) atoms. The van der Waals surface area contributed by atoms with E-state index in [2.05, 4.69) is 15.9 Å². The smallest absolute Gasteiger partial charge is 0.332 e. The topological polar surface area (TPSA) is 74.6 Å². The summed E-state index contributed by atoms with van der Waals surface area (Å²) in [6, 6.07) is 0. The first-order valence-electron chi connectivity index (χ1n) is 2.99. The Bertz CT molecular complexity index is 173. The SMILES string of the molecule is CC(C)C(Br)(C(=O)O)C(=O)O. The highest BCUT2D eigenvalue weighted by Crippen LogP contribution is 2.28. The second kappa shape index (κ2) is 3.21. The average molecular weight is 225 g/mol. The molecule has 0 aromatic rings. The van der Waals surface area contributed by atoms with Gasteiger partial charge in [0.2, 0.25) is 4.32 Å². The largest absolute Gasteiger partial charge is 0.480 e. The third kappa shape index (κ3) is 1.71. The van der Waals surface area contributed by atoms with Crippen LogP contribution in [0.5, 0.6) is 0 Å². The maximum Gasteiger partial charge on any atom is 0.332 e. The number of carboxylic acid groups (broad SMARTS) is 2. The molecule has 0 saturated heterocycles. The molecule has 0 aromatic heterocycles. The van der Waals surface area contributed by atoms with Gasteiger partial charge in [0.25, 0.3) is 0 Å². The van der Waals surface area contributed by atoms with Gasteiger partial charge in [-0.1, -0.05) is 29.8 Å². The minimum absolute atomic E-state index is 0.502. The molecule has 2 N–H and O–H groups in total. The Morgan fingerprint density at radius 1 is 1.27 bits per heavy atom. The summed E-state index contributed by atoms with van der Waals surface area (Å²) < 4.78 is -1.85. The number of hydrogen-bond donors (Lipinski definition) is 2. The highest BCUT2D eigenvalue weighted by Gasteiger charge is 2.47. The van der Waals surface area contributed by atoms with E-state index in [-0.39, 0.29) is 0 Å². The van der Waals surface area contributed by atoms with E-state index in [4.69, 9.17) is 10.2 Å². The minimum Gasteiger partial charge on any atom is -0.480 e. The number of hydrogen-bond acceptors (Lipinski definition) is 2. The Morgan fingerprint density at radius 2 is 1.55 bits per heavy atom. The van der Waals surface area contributed by atoms with Crippen LogP contribution in [0.25, 0.3) is 0 Å². The molecule has 0 aromatic carbocycles. The van der Waals surface area contributed by atoms with Gasteiger partial charge in [0.15, 0.2) is 0 Å². The van der Waals surface area contributed by atoms with E-state index >= 15 is 0 Å². The number of carboxylic acids is 2. The van der Waals surface area contributed by atoms with Crippen LogP contribution in [-0.4, -0.2) is 26.5 Å². The van der Waals surface area contributed by atoms with Crippen LogP contribution in [0.15, 0.2) is 0 Å². The first-order valence-corrected chi connectivity index (χ1v) is 3.78. The Morgan fingerprint density at radius 3 is 1.55 bits per heavy atom. The lowest BCUT2D eigenvalue weighted by atomic mass is 9.96. The van der Waals surface area contributed by atoms with E-state index in [0.29, 0.717) is 0 Å². The van der Waals surface area contributed by atoms with Crippen molar-refractivity contribution in [2.45, 2.75) is 18.2 Å². The van der Waals surface area contributed by atoms with Crippen molar-refractivity contribution in [1.82, 2.24) is 0 Å². The number of aliphatic carboxylic acids is 2. The van der Waals surface area contributed by atoms with Crippen LogP contribution in [0, 0.1) is 5.92 Å². The Labute approximate surface area is 72.3 Å². The maximum absolute atomic E-state index is 10.5. The summed E-state index contributed by atoms with van der Waals surface area (Å²) in [4.78, 5) is 21.0. The predicted octanol–water partition coefficient (Wildman–Crippen LogP) is 0.945. The van der Waals surface area contributed by atoms with Gasteiger partial charge in [-0.2, -0.15) is 0 Å². The molecule has 0 atom stereocenters. The van der Waals surface area contributed by atoms with Crippen molar-refractivity contribution in [3.05, 3.63) is 0 Å². The van der Waals surface area contributed by atoms with E-state index in [1.807, 2.05) is 0 Å². The highest BCUT2D eigenvalue weighted by molar-refractivity contribution is 9.10. The average Bonchev–Trinajstić information content (AvgIpc) is 1.84. The molecule has 5 heteroatoms. The van der Waals surface area contributed by atoms with Gasteiger partial charge < -0.3 is 10.2 Å². The van der Waals surface area contributed by atoms with Crippen molar-refractivity contribution < 1.29 is 19.8 Å². The molecule has 64 valence electrons. The second-order valence-corrected chi connectivity index (χ2v) is 3.73. The molecule has 0 rings (SSSR count). The normalized spacial score (nSPS) is 11.6. The van der Waals surface area contributed by atoms with E-state index in [1.54, 1.807) is 0 Å². The van der Waals surface area contributed by atoms with Crippen LogP contribution < -0.4 is 0 Å². The first-order chi connectivity index (χ1) is 4.83. The van der Waals surface area contributed by atoms with Crippen molar-refractivity contribution in [3.63, 3.8) is 0 Å². The molecular formula is C6H9BrO4. The molecule has 0 aliphatic heterocycles. The zero-order valence-electron chi connectivity index (χ0n) is 6.17. The fraction of sp³-hybridized carbons (Fsp3) is 0.667. The Balaban J connectivity index is 4.82. The molecule has 0 unspecified atom stereocenters. The van der Waals surface area contributed by atoms with Crippen LogP contribution in [0.3, 0.4) is 0 Å². The van der Waals surface area contributed by atoms with Crippen LogP contribution >= 0.6 is 15.9 Å². The predicted molar refractivity (Wildman–Crippen MR) is 41.8 cm³/mol. The van der Waals surface area contributed by atoms with E-state index in [9.17, 15) is 9.59 Å². The van der Waals surface area contributed by atoms with Crippen molar-refractivity contribution in [2.24, 2.45) is 5.92 Å². The lowest BCUT2D eigenvalue weighted by molar-refractivity contribution is -0.153. The number of halogens is 1. The molecular weight excluding hydrogens is 216 g/mol. The molecule has 0 aliphatic carbocycles. The van der Waals surface area contributed by atoms with Crippen LogP contribution in [0.4, 0.5) is 0 Å². The molecule has 0 bridgehead atoms. The Kier molecular flexibility index (Phi) is 3.04. The van der Waals surface area contributed by atoms with Crippen molar-refractivity contribution in [3.8, 4) is 0 Å². The molecule has 0 saturated carbocycles. The van der Waals surface area contributed by atoms with E-state index in [1.165, 1.54) is 13.8 Å².